The number of β-amino-alcohol motifs (C(OH)–C–C–N with tert-alkyl or cyclic N) is 1. The van der Waals surface area contributed by atoms with Gasteiger partial charge in [-0.3, -0.25) is 19.3 Å². The molecule has 58 heavy (non-hydrogen) atoms. The van der Waals surface area contributed by atoms with E-state index in [-0.39, 0.29) is 71.9 Å². The summed E-state index contributed by atoms with van der Waals surface area (Å²) in [7, 11) is 0. The lowest BCUT2D eigenvalue weighted by Crippen LogP contribution is -2.47. The summed E-state index contributed by atoms with van der Waals surface area (Å²) in [6.45, 7) is 5.58. The number of carbonyl (C=O) groups excluding carboxylic acids is 2. The van der Waals surface area contributed by atoms with E-state index in [0.29, 0.717) is 17.8 Å². The number of likely N-dealkylation sites (tertiary alicyclic amines) is 1. The first-order valence-electron chi connectivity index (χ1n) is 18.8. The number of aromatic hydroxyl groups is 1. The van der Waals surface area contributed by atoms with Crippen LogP contribution < -0.4 is 15.8 Å². The molecule has 2 saturated heterocycles. The van der Waals surface area contributed by atoms with Gasteiger partial charge in [0, 0.05) is 63.3 Å². The fraction of sp³-hybridized carbons (Fsp3) is 0.385. The zero-order valence-electron chi connectivity index (χ0n) is 31.2. The molecular formula is C39H39ClF3N9O6. The van der Waals surface area contributed by atoms with Crippen LogP contribution in [0.2, 0.25) is 5.02 Å². The van der Waals surface area contributed by atoms with Gasteiger partial charge in [0.25, 0.3) is 11.5 Å². The van der Waals surface area contributed by atoms with Gasteiger partial charge in [-0.25, -0.2) is 4.98 Å². The third kappa shape index (κ3) is 7.25. The van der Waals surface area contributed by atoms with Gasteiger partial charge in [-0.2, -0.15) is 22.7 Å². The van der Waals surface area contributed by atoms with Crippen molar-refractivity contribution in [3.8, 4) is 17.1 Å². The Labute approximate surface area is 334 Å². The average molecular weight is 822 g/mol. The number of hydrogen-bond acceptors (Lipinski definition) is 11. The molecule has 19 heteroatoms. The summed E-state index contributed by atoms with van der Waals surface area (Å²) in [5.41, 5.74) is -0.542. The van der Waals surface area contributed by atoms with Gasteiger partial charge in [0.2, 0.25) is 11.7 Å². The van der Waals surface area contributed by atoms with Crippen molar-refractivity contribution >= 4 is 40.6 Å². The summed E-state index contributed by atoms with van der Waals surface area (Å²) in [6.07, 6.45) is -3.54. The van der Waals surface area contributed by atoms with Gasteiger partial charge in [-0.15, -0.1) is 5.10 Å². The molecule has 304 valence electrons. The molecule has 3 aliphatic heterocycles. The van der Waals surface area contributed by atoms with Crippen LogP contribution in [0.4, 0.5) is 24.5 Å². The van der Waals surface area contributed by atoms with E-state index < -0.39 is 47.4 Å². The molecule has 0 saturated carbocycles. The van der Waals surface area contributed by atoms with Gasteiger partial charge in [0.05, 0.1) is 40.2 Å². The number of rotatable bonds is 8. The minimum atomic E-state index is -4.63. The molecule has 3 aromatic heterocycles. The van der Waals surface area contributed by atoms with Crippen LogP contribution in [0.5, 0.6) is 5.75 Å². The van der Waals surface area contributed by atoms with Crippen LogP contribution in [0.15, 0.2) is 65.6 Å². The summed E-state index contributed by atoms with van der Waals surface area (Å²) < 4.78 is 49.2. The number of anilines is 2. The Hall–Kier alpha value is -5.56. The van der Waals surface area contributed by atoms with E-state index in [0.717, 1.165) is 54.6 Å². The number of halogens is 4. The van der Waals surface area contributed by atoms with E-state index in [4.69, 9.17) is 21.3 Å². The van der Waals surface area contributed by atoms with Crippen molar-refractivity contribution < 1.29 is 37.7 Å². The fourth-order valence-corrected chi connectivity index (χ4v) is 8.35. The highest BCUT2D eigenvalue weighted by molar-refractivity contribution is 6.33. The van der Waals surface area contributed by atoms with E-state index >= 15 is 0 Å². The number of hydrogen-bond donors (Lipinski definition) is 3. The summed E-state index contributed by atoms with van der Waals surface area (Å²) >= 11 is 6.18. The molecule has 0 radical (unpaired) electrons. The van der Waals surface area contributed by atoms with Crippen LogP contribution in [-0.2, 0) is 27.9 Å². The largest absolute Gasteiger partial charge is 0.505 e. The quantitative estimate of drug-likeness (QED) is 0.204. The van der Waals surface area contributed by atoms with Crippen molar-refractivity contribution in [1.82, 2.24) is 33.9 Å². The number of aromatic nitrogens is 5. The second-order valence-corrected chi connectivity index (χ2v) is 15.0. The van der Waals surface area contributed by atoms with Gasteiger partial charge < -0.3 is 34.6 Å². The van der Waals surface area contributed by atoms with E-state index in [1.54, 1.807) is 6.92 Å². The summed E-state index contributed by atoms with van der Waals surface area (Å²) in [6, 6.07) is 13.1. The highest BCUT2D eigenvalue weighted by Crippen LogP contribution is 2.48. The average Bonchev–Trinajstić information content (AvgIpc) is 3.77. The van der Waals surface area contributed by atoms with E-state index in [1.807, 2.05) is 24.3 Å². The van der Waals surface area contributed by atoms with Crippen LogP contribution in [0.1, 0.15) is 53.2 Å². The number of amides is 2. The standard InChI is InChI=1S/C39H39ClF3N9O6/c1-23-33-31(38(58-23)10-13-50(14-11-38)36(57)32-29(54)3-2-12-44-32)35(56)52-37(51(33)22-30(55)45-28-9-6-25(21-27(28)40)39(41,42)43)46-34(47-52)24-4-7-26(8-5-24)49-17-15-48(16-18-49)19-20-53/h2-9,12,21,23,53-54H,10-11,13-20,22H2,1H3,(H,45,55)/t23-/m1/s1. The number of nitrogens with one attached hydrogen (secondary N) is 1. The molecule has 2 fully saturated rings. The van der Waals surface area contributed by atoms with Crippen LogP contribution in [0.3, 0.4) is 0 Å². The maximum absolute atomic E-state index is 14.6. The van der Waals surface area contributed by atoms with Crippen molar-refractivity contribution in [3.05, 3.63) is 98.7 Å². The first-order valence-corrected chi connectivity index (χ1v) is 19.1. The number of nitrogens with zero attached hydrogens (tertiary/aromatic N) is 8. The van der Waals surface area contributed by atoms with Gasteiger partial charge in [0.1, 0.15) is 17.9 Å². The maximum atomic E-state index is 14.6. The molecule has 0 aliphatic carbocycles. The molecule has 3 N–H and O–H groups in total. The zero-order chi connectivity index (χ0) is 40.9. The number of carbonyl (C=O) groups is 2. The van der Waals surface area contributed by atoms with E-state index in [2.05, 4.69) is 25.2 Å². The predicted molar refractivity (Wildman–Crippen MR) is 206 cm³/mol. The molecule has 0 bridgehead atoms. The Kier molecular flexibility index (Phi) is 10.4. The number of alkyl halides is 3. The van der Waals surface area contributed by atoms with E-state index in [1.165, 1.54) is 27.8 Å². The van der Waals surface area contributed by atoms with Crippen LogP contribution in [0.25, 0.3) is 17.2 Å². The number of piperidine rings is 1. The Balaban J connectivity index is 1.14. The third-order valence-electron chi connectivity index (χ3n) is 11.0. The monoisotopic (exact) mass is 821 g/mol. The normalized spacial score (nSPS) is 18.2. The van der Waals surface area contributed by atoms with Gasteiger partial charge in [-0.1, -0.05) is 11.6 Å². The van der Waals surface area contributed by atoms with Crippen molar-refractivity contribution in [1.29, 1.82) is 0 Å². The smallest absolute Gasteiger partial charge is 0.416 e. The zero-order valence-corrected chi connectivity index (χ0v) is 32.0. The van der Waals surface area contributed by atoms with Crippen molar-refractivity contribution in [2.75, 3.05) is 62.6 Å². The Morgan fingerprint density at radius 1 is 1.03 bits per heavy atom. The molecule has 5 aromatic rings. The number of piperazine rings is 1. The maximum Gasteiger partial charge on any atom is 0.416 e. The van der Waals surface area contributed by atoms with Crippen molar-refractivity contribution in [2.24, 2.45) is 0 Å². The molecule has 8 rings (SSSR count). The highest BCUT2D eigenvalue weighted by atomic mass is 35.5. The number of benzene rings is 2. The number of ether oxygens (including phenoxy) is 1. The third-order valence-corrected chi connectivity index (χ3v) is 11.3. The molecular weight excluding hydrogens is 783 g/mol. The lowest BCUT2D eigenvalue weighted by atomic mass is 9.85. The number of pyridine rings is 1. The first kappa shape index (κ1) is 39.3. The molecule has 2 aromatic carbocycles. The summed E-state index contributed by atoms with van der Waals surface area (Å²) in [5.74, 6) is -1.12. The summed E-state index contributed by atoms with van der Waals surface area (Å²) in [5, 5.41) is 26.5. The van der Waals surface area contributed by atoms with Crippen LogP contribution >= 0.6 is 11.6 Å². The van der Waals surface area contributed by atoms with Gasteiger partial charge >= 0.3 is 6.18 Å². The topological polar surface area (TPSA) is 171 Å². The SMILES string of the molecule is C[C@H]1OC2(CCN(C(=O)c3ncccc3O)CC2)c2c1n(CC(=O)Nc1ccc(C(F)(F)F)cc1Cl)c1nc(-c3ccc(N4CCN(CCO)CC4)cc3)nn1c2=O. The minimum absolute atomic E-state index is 0.0396. The van der Waals surface area contributed by atoms with E-state index in [9.17, 15) is 37.8 Å². The Bertz CT molecular complexity index is 2440. The molecule has 3 aliphatic rings. The minimum Gasteiger partial charge on any atom is -0.505 e. The van der Waals surface area contributed by atoms with Crippen molar-refractivity contribution in [3.63, 3.8) is 0 Å². The van der Waals surface area contributed by atoms with Gasteiger partial charge in [-0.05, 0) is 74.4 Å². The molecule has 6 heterocycles. The molecule has 15 nitrogen and oxygen atoms in total. The van der Waals surface area contributed by atoms with Crippen LogP contribution in [0, 0.1) is 0 Å². The molecule has 1 spiro atoms. The second-order valence-electron chi connectivity index (χ2n) is 14.6. The fourth-order valence-electron chi connectivity index (χ4n) is 8.12. The van der Waals surface area contributed by atoms with Crippen molar-refractivity contribution in [2.45, 2.75) is 44.2 Å². The molecule has 0 unspecified atom stereocenters. The van der Waals surface area contributed by atoms with Gasteiger partial charge in [0.15, 0.2) is 11.5 Å². The number of fused-ring (bicyclic) bond motifs is 3. The lowest BCUT2D eigenvalue weighted by molar-refractivity contribution is -0.137. The Morgan fingerprint density at radius 2 is 1.76 bits per heavy atom. The lowest BCUT2D eigenvalue weighted by Gasteiger charge is -2.39. The second kappa shape index (κ2) is 15.3. The number of aliphatic hydroxyl groups excluding tert-OH is 1. The van der Waals surface area contributed by atoms with Crippen LogP contribution in [-0.4, -0.2) is 108 Å². The predicted octanol–water partition coefficient (Wildman–Crippen LogP) is 4.31. The highest BCUT2D eigenvalue weighted by Gasteiger charge is 2.50. The number of aliphatic hydroxyl groups is 1. The summed E-state index contributed by atoms with van der Waals surface area (Å²) in [4.78, 5) is 56.4. The molecule has 2 amide bonds. The first-order chi connectivity index (χ1) is 27.8. The Morgan fingerprint density at radius 3 is 2.41 bits per heavy atom. The molecule has 1 atom stereocenters.